The van der Waals surface area contributed by atoms with Crippen LogP contribution in [0.15, 0.2) is 57.9 Å². The summed E-state index contributed by atoms with van der Waals surface area (Å²) in [5.41, 5.74) is 2.04. The second-order valence-corrected chi connectivity index (χ2v) is 8.54. The molecule has 6 nitrogen and oxygen atoms in total. The third-order valence-corrected chi connectivity index (χ3v) is 6.21. The van der Waals surface area contributed by atoms with Crippen molar-refractivity contribution in [1.82, 2.24) is 0 Å². The monoisotopic (exact) mass is 454 g/mol. The lowest BCUT2D eigenvalue weighted by atomic mass is 10.0. The normalized spacial score (nSPS) is 15.2. The Labute approximate surface area is 186 Å². The number of thioether (sulfide) groups is 1. The van der Waals surface area contributed by atoms with Crippen molar-refractivity contribution in [2.75, 3.05) is 4.90 Å². The van der Waals surface area contributed by atoms with Gasteiger partial charge in [0.05, 0.1) is 15.5 Å². The molecule has 1 aliphatic heterocycles. The van der Waals surface area contributed by atoms with Crippen LogP contribution in [0.2, 0.25) is 0 Å². The first-order chi connectivity index (χ1) is 14.8. The van der Waals surface area contributed by atoms with E-state index in [0.717, 1.165) is 22.2 Å². The summed E-state index contributed by atoms with van der Waals surface area (Å²) in [6.07, 6.45) is 1.53. The quantitative estimate of drug-likeness (QED) is 0.208. The van der Waals surface area contributed by atoms with Crippen molar-refractivity contribution in [3.63, 3.8) is 0 Å². The Morgan fingerprint density at radius 1 is 1.19 bits per heavy atom. The van der Waals surface area contributed by atoms with E-state index in [4.69, 9.17) is 16.6 Å². The number of amides is 1. The van der Waals surface area contributed by atoms with E-state index in [-0.39, 0.29) is 15.7 Å². The van der Waals surface area contributed by atoms with E-state index in [1.165, 1.54) is 30.3 Å². The standard InChI is InChI=1S/C22H15FN2O4S2/c1-12-9-14(10-18(13(12)2)25(27)28)19-8-7-15(29-19)11-20-21(26)24(22(30)31-20)17-6-4-3-5-16(17)23/h3-11H,1-2H3/b20-11-. The van der Waals surface area contributed by atoms with Gasteiger partial charge in [-0.15, -0.1) is 0 Å². The lowest BCUT2D eigenvalue weighted by Gasteiger charge is -2.14. The fourth-order valence-corrected chi connectivity index (χ4v) is 4.46. The highest BCUT2D eigenvalue weighted by Crippen LogP contribution is 2.38. The van der Waals surface area contributed by atoms with Crippen molar-refractivity contribution in [3.05, 3.63) is 86.3 Å². The molecule has 31 heavy (non-hydrogen) atoms. The zero-order chi connectivity index (χ0) is 22.3. The highest BCUT2D eigenvalue weighted by molar-refractivity contribution is 8.27. The van der Waals surface area contributed by atoms with Crippen molar-refractivity contribution in [2.24, 2.45) is 0 Å². The molecule has 4 rings (SSSR count). The van der Waals surface area contributed by atoms with E-state index in [0.29, 0.717) is 27.6 Å². The summed E-state index contributed by atoms with van der Waals surface area (Å²) in [6, 6.07) is 12.5. The van der Waals surface area contributed by atoms with Gasteiger partial charge in [0.1, 0.15) is 17.3 Å². The van der Waals surface area contributed by atoms with Crippen molar-refractivity contribution in [1.29, 1.82) is 0 Å². The molecule has 2 heterocycles. The molecule has 156 valence electrons. The van der Waals surface area contributed by atoms with E-state index < -0.39 is 16.6 Å². The number of nitro groups is 1. The molecule has 0 atom stereocenters. The molecule has 0 radical (unpaired) electrons. The number of rotatable bonds is 4. The number of nitrogens with zero attached hydrogens (tertiary/aromatic N) is 2. The molecule has 0 bridgehead atoms. The van der Waals surface area contributed by atoms with E-state index in [9.17, 15) is 19.3 Å². The molecule has 1 aliphatic rings. The van der Waals surface area contributed by atoms with E-state index >= 15 is 0 Å². The first-order valence-corrected chi connectivity index (χ1v) is 10.4. The fourth-order valence-electron chi connectivity index (χ4n) is 3.20. The van der Waals surface area contributed by atoms with Crippen molar-refractivity contribution in [2.45, 2.75) is 13.8 Å². The van der Waals surface area contributed by atoms with Gasteiger partial charge < -0.3 is 4.42 Å². The summed E-state index contributed by atoms with van der Waals surface area (Å²) in [7, 11) is 0. The Bertz CT molecular complexity index is 1280. The zero-order valence-corrected chi connectivity index (χ0v) is 18.1. The number of hydrogen-bond donors (Lipinski definition) is 0. The molecular weight excluding hydrogens is 439 g/mol. The third-order valence-electron chi connectivity index (χ3n) is 4.91. The number of thiocarbonyl (C=S) groups is 1. The largest absolute Gasteiger partial charge is 0.457 e. The maximum Gasteiger partial charge on any atom is 0.273 e. The van der Waals surface area contributed by atoms with E-state index in [1.54, 1.807) is 32.0 Å². The molecule has 2 aromatic carbocycles. The van der Waals surface area contributed by atoms with Crippen LogP contribution in [0.1, 0.15) is 16.9 Å². The van der Waals surface area contributed by atoms with Gasteiger partial charge in [0.25, 0.3) is 11.6 Å². The third kappa shape index (κ3) is 3.89. The Morgan fingerprint density at radius 2 is 1.94 bits per heavy atom. The molecule has 0 aliphatic carbocycles. The first kappa shape index (κ1) is 21.0. The molecular formula is C22H15FN2O4S2. The minimum absolute atomic E-state index is 0.0127. The maximum absolute atomic E-state index is 14.1. The molecule has 0 spiro atoms. The van der Waals surface area contributed by atoms with Gasteiger partial charge >= 0.3 is 0 Å². The van der Waals surface area contributed by atoms with E-state index in [1.807, 2.05) is 6.07 Å². The molecule has 1 saturated heterocycles. The van der Waals surface area contributed by atoms with Gasteiger partial charge in [0, 0.05) is 23.3 Å². The predicted molar refractivity (Wildman–Crippen MR) is 122 cm³/mol. The molecule has 1 aromatic heterocycles. The van der Waals surface area contributed by atoms with Crippen molar-refractivity contribution >= 4 is 51.7 Å². The predicted octanol–water partition coefficient (Wildman–Crippen LogP) is 6.02. The number of nitro benzene ring substituents is 1. The average molecular weight is 455 g/mol. The van der Waals surface area contributed by atoms with Gasteiger partial charge in [0.15, 0.2) is 4.32 Å². The number of hydrogen-bond acceptors (Lipinski definition) is 6. The van der Waals surface area contributed by atoms with Crippen molar-refractivity contribution < 1.29 is 18.5 Å². The highest BCUT2D eigenvalue weighted by Gasteiger charge is 2.35. The van der Waals surface area contributed by atoms with Crippen LogP contribution in [0.5, 0.6) is 0 Å². The summed E-state index contributed by atoms with van der Waals surface area (Å²) in [6.45, 7) is 3.49. The maximum atomic E-state index is 14.1. The Balaban J connectivity index is 1.65. The van der Waals surface area contributed by atoms with Gasteiger partial charge in [-0.3, -0.25) is 19.8 Å². The number of anilines is 1. The Hall–Kier alpha value is -3.30. The Morgan fingerprint density at radius 3 is 2.65 bits per heavy atom. The summed E-state index contributed by atoms with van der Waals surface area (Å²) < 4.78 is 20.2. The zero-order valence-electron chi connectivity index (χ0n) is 16.4. The molecule has 0 unspecified atom stereocenters. The first-order valence-electron chi connectivity index (χ1n) is 9.14. The number of carbonyl (C=O) groups excluding carboxylic acids is 1. The van der Waals surface area contributed by atoms with Crippen LogP contribution in [0.25, 0.3) is 17.4 Å². The summed E-state index contributed by atoms with van der Waals surface area (Å²) >= 11 is 6.31. The molecule has 9 heteroatoms. The number of aryl methyl sites for hydroxylation is 1. The average Bonchev–Trinajstić information content (AvgIpc) is 3.29. The lowest BCUT2D eigenvalue weighted by Crippen LogP contribution is -2.28. The van der Waals surface area contributed by atoms with Crippen LogP contribution in [0.4, 0.5) is 15.8 Å². The van der Waals surface area contributed by atoms with Crippen LogP contribution in [0, 0.1) is 29.8 Å². The highest BCUT2D eigenvalue weighted by atomic mass is 32.2. The fraction of sp³-hybridized carbons (Fsp3) is 0.0909. The minimum Gasteiger partial charge on any atom is -0.457 e. The number of furan rings is 1. The van der Waals surface area contributed by atoms with Crippen LogP contribution >= 0.6 is 24.0 Å². The van der Waals surface area contributed by atoms with Gasteiger partial charge in [-0.25, -0.2) is 4.39 Å². The van der Waals surface area contributed by atoms with Crippen LogP contribution in [-0.4, -0.2) is 15.2 Å². The van der Waals surface area contributed by atoms with Gasteiger partial charge in [-0.05, 0) is 49.7 Å². The van der Waals surface area contributed by atoms with Gasteiger partial charge in [-0.2, -0.15) is 0 Å². The molecule has 3 aromatic rings. The summed E-state index contributed by atoms with van der Waals surface area (Å²) in [5.74, 6) is -0.177. The van der Waals surface area contributed by atoms with Crippen LogP contribution in [-0.2, 0) is 4.79 Å². The van der Waals surface area contributed by atoms with Gasteiger partial charge in [-0.1, -0.05) is 36.1 Å². The molecule has 0 N–H and O–H groups in total. The second-order valence-electron chi connectivity index (χ2n) is 6.86. The molecule has 1 fully saturated rings. The summed E-state index contributed by atoms with van der Waals surface area (Å²) in [4.78, 5) is 25.1. The minimum atomic E-state index is -0.545. The van der Waals surface area contributed by atoms with Crippen molar-refractivity contribution in [3.8, 4) is 11.3 Å². The van der Waals surface area contributed by atoms with E-state index in [2.05, 4.69) is 0 Å². The second kappa shape index (κ2) is 8.09. The molecule has 1 amide bonds. The lowest BCUT2D eigenvalue weighted by molar-refractivity contribution is -0.385. The number of para-hydroxylation sites is 1. The van der Waals surface area contributed by atoms with Crippen LogP contribution < -0.4 is 4.90 Å². The van der Waals surface area contributed by atoms with Gasteiger partial charge in [0.2, 0.25) is 0 Å². The smallest absolute Gasteiger partial charge is 0.273 e. The number of carbonyl (C=O) groups is 1. The Kier molecular flexibility index (Phi) is 5.47. The summed E-state index contributed by atoms with van der Waals surface area (Å²) in [5, 5.41) is 11.3. The van der Waals surface area contributed by atoms with Crippen LogP contribution in [0.3, 0.4) is 0 Å². The topological polar surface area (TPSA) is 76.6 Å². The SMILES string of the molecule is Cc1cc(-c2ccc(/C=C3\SC(=S)N(c4ccccc4F)C3=O)o2)cc([N+](=O)[O-])c1C. The number of benzene rings is 2. The molecule has 0 saturated carbocycles. The number of halogens is 1.